The number of rotatable bonds is 4. The van der Waals surface area contributed by atoms with Crippen LogP contribution in [0.25, 0.3) is 0 Å². The standard InChI is InChI=1S/C15H13ClF3NO2S/c16-10-5-7-11(8-6-10)23(21,22)14(9-20)12-3-1-2-4-13(12)15(17,18)19/h1-8,14H,9,20H2/p+1/t14-/m0/s1. The monoisotopic (exact) mass is 364 g/mol. The minimum atomic E-state index is -4.64. The van der Waals surface area contributed by atoms with Gasteiger partial charge >= 0.3 is 6.18 Å². The van der Waals surface area contributed by atoms with E-state index in [4.69, 9.17) is 11.6 Å². The Labute approximate surface area is 136 Å². The van der Waals surface area contributed by atoms with Gasteiger partial charge in [-0.15, -0.1) is 0 Å². The van der Waals surface area contributed by atoms with Crippen molar-refractivity contribution in [3.05, 3.63) is 64.7 Å². The highest BCUT2D eigenvalue weighted by Crippen LogP contribution is 2.38. The summed E-state index contributed by atoms with van der Waals surface area (Å²) in [5, 5.41) is -1.05. The molecule has 0 radical (unpaired) electrons. The SMILES string of the molecule is [NH3+]C[C@@H](c1ccccc1C(F)(F)F)S(=O)(=O)c1ccc(Cl)cc1. The van der Waals surface area contributed by atoms with Crippen molar-refractivity contribution in [3.63, 3.8) is 0 Å². The fourth-order valence-corrected chi connectivity index (χ4v) is 4.12. The second kappa shape index (κ2) is 6.51. The van der Waals surface area contributed by atoms with Crippen molar-refractivity contribution in [1.82, 2.24) is 0 Å². The Morgan fingerprint density at radius 2 is 1.61 bits per heavy atom. The maximum atomic E-state index is 13.2. The van der Waals surface area contributed by atoms with E-state index in [0.717, 1.165) is 6.07 Å². The number of benzene rings is 2. The summed E-state index contributed by atoms with van der Waals surface area (Å²) < 4.78 is 64.9. The van der Waals surface area contributed by atoms with Crippen molar-refractivity contribution < 1.29 is 27.3 Å². The largest absolute Gasteiger partial charge is 0.416 e. The third-order valence-electron chi connectivity index (χ3n) is 3.39. The van der Waals surface area contributed by atoms with E-state index in [0.29, 0.717) is 5.02 Å². The van der Waals surface area contributed by atoms with Crippen molar-refractivity contribution in [3.8, 4) is 0 Å². The van der Waals surface area contributed by atoms with E-state index in [-0.39, 0.29) is 17.0 Å². The van der Waals surface area contributed by atoms with E-state index in [1.165, 1.54) is 42.5 Å². The van der Waals surface area contributed by atoms with Crippen LogP contribution in [-0.4, -0.2) is 15.0 Å². The summed E-state index contributed by atoms with van der Waals surface area (Å²) in [5.41, 5.74) is 2.25. The van der Waals surface area contributed by atoms with Crippen LogP contribution in [0.2, 0.25) is 5.02 Å². The van der Waals surface area contributed by atoms with Crippen LogP contribution in [0.5, 0.6) is 0 Å². The first kappa shape index (κ1) is 17.8. The topological polar surface area (TPSA) is 61.8 Å². The van der Waals surface area contributed by atoms with Crippen molar-refractivity contribution in [2.45, 2.75) is 16.3 Å². The summed E-state index contributed by atoms with van der Waals surface area (Å²) in [6.07, 6.45) is -4.64. The molecule has 0 unspecified atom stereocenters. The van der Waals surface area contributed by atoms with E-state index >= 15 is 0 Å². The lowest BCUT2D eigenvalue weighted by Crippen LogP contribution is -2.54. The van der Waals surface area contributed by atoms with Crippen molar-refractivity contribution in [1.29, 1.82) is 0 Å². The smallest absolute Gasteiger partial charge is 0.356 e. The Morgan fingerprint density at radius 3 is 2.13 bits per heavy atom. The number of halogens is 4. The van der Waals surface area contributed by atoms with Gasteiger partial charge in [0.25, 0.3) is 0 Å². The predicted molar refractivity (Wildman–Crippen MR) is 80.6 cm³/mol. The zero-order valence-corrected chi connectivity index (χ0v) is 13.4. The quantitative estimate of drug-likeness (QED) is 0.906. The Morgan fingerprint density at radius 1 is 1.04 bits per heavy atom. The van der Waals surface area contributed by atoms with Crippen molar-refractivity contribution in [2.75, 3.05) is 6.54 Å². The summed E-state index contributed by atoms with van der Waals surface area (Å²) in [6, 6.07) is 9.95. The first-order chi connectivity index (χ1) is 10.7. The minimum Gasteiger partial charge on any atom is -0.356 e. The maximum Gasteiger partial charge on any atom is 0.416 e. The molecule has 0 fully saturated rings. The second-order valence-corrected chi connectivity index (χ2v) is 7.43. The highest BCUT2D eigenvalue weighted by atomic mass is 35.5. The first-order valence-corrected chi connectivity index (χ1v) is 8.55. The normalized spacial score (nSPS) is 13.8. The van der Waals surface area contributed by atoms with Crippen LogP contribution in [0.4, 0.5) is 13.2 Å². The van der Waals surface area contributed by atoms with Gasteiger partial charge < -0.3 is 5.73 Å². The summed E-state index contributed by atoms with van der Waals surface area (Å²) in [5.74, 6) is 0. The molecule has 1 atom stereocenters. The van der Waals surface area contributed by atoms with Gasteiger partial charge in [0.15, 0.2) is 9.84 Å². The van der Waals surface area contributed by atoms with Crippen LogP contribution in [0.3, 0.4) is 0 Å². The molecular formula is C15H14ClF3NO2S+. The molecule has 0 saturated carbocycles. The molecule has 2 rings (SSSR count). The molecule has 0 heterocycles. The number of sulfone groups is 1. The molecule has 2 aromatic rings. The lowest BCUT2D eigenvalue weighted by atomic mass is 10.0. The molecule has 0 aliphatic rings. The zero-order chi connectivity index (χ0) is 17.3. The molecule has 0 aliphatic heterocycles. The van der Waals surface area contributed by atoms with Gasteiger partial charge in [0.2, 0.25) is 0 Å². The summed E-state index contributed by atoms with van der Waals surface area (Å²) in [6.45, 7) is -0.224. The molecule has 0 saturated heterocycles. The predicted octanol–water partition coefficient (Wildman–Crippen LogP) is 3.12. The van der Waals surface area contributed by atoms with Gasteiger partial charge in [-0.25, -0.2) is 8.42 Å². The zero-order valence-electron chi connectivity index (χ0n) is 11.8. The molecule has 8 heteroatoms. The lowest BCUT2D eigenvalue weighted by molar-refractivity contribution is -0.367. The molecule has 3 N–H and O–H groups in total. The van der Waals surface area contributed by atoms with Gasteiger partial charge in [0.1, 0.15) is 5.25 Å². The number of hydrogen-bond donors (Lipinski definition) is 1. The molecule has 2 aromatic carbocycles. The second-order valence-electron chi connectivity index (χ2n) is 4.86. The molecule has 3 nitrogen and oxygen atoms in total. The van der Waals surface area contributed by atoms with Gasteiger partial charge in [-0.2, -0.15) is 13.2 Å². The van der Waals surface area contributed by atoms with Crippen molar-refractivity contribution in [2.24, 2.45) is 0 Å². The molecule has 0 aromatic heterocycles. The number of alkyl halides is 3. The lowest BCUT2D eigenvalue weighted by Gasteiger charge is -2.19. The molecular weight excluding hydrogens is 351 g/mol. The first-order valence-electron chi connectivity index (χ1n) is 6.62. The van der Waals surface area contributed by atoms with Gasteiger partial charge in [-0.3, -0.25) is 0 Å². The fourth-order valence-electron chi connectivity index (χ4n) is 2.30. The number of hydrogen-bond acceptors (Lipinski definition) is 2. The third kappa shape index (κ3) is 3.68. The summed E-state index contributed by atoms with van der Waals surface area (Å²) >= 11 is 5.72. The molecule has 0 spiro atoms. The Bertz CT molecular complexity index is 789. The number of quaternary nitrogens is 1. The van der Waals surface area contributed by atoms with Gasteiger partial charge in [-0.05, 0) is 35.9 Å². The van der Waals surface area contributed by atoms with Crippen LogP contribution >= 0.6 is 11.6 Å². The van der Waals surface area contributed by atoms with E-state index < -0.39 is 26.8 Å². The van der Waals surface area contributed by atoms with E-state index in [9.17, 15) is 21.6 Å². The van der Waals surface area contributed by atoms with Crippen LogP contribution < -0.4 is 5.73 Å². The minimum absolute atomic E-state index is 0.0903. The van der Waals surface area contributed by atoms with Crippen LogP contribution in [0, 0.1) is 0 Å². The van der Waals surface area contributed by atoms with Gasteiger partial charge in [-0.1, -0.05) is 29.8 Å². The summed E-state index contributed by atoms with van der Waals surface area (Å²) in [4.78, 5) is -0.0903. The molecule has 23 heavy (non-hydrogen) atoms. The Hall–Kier alpha value is -1.57. The third-order valence-corrected chi connectivity index (χ3v) is 5.81. The average molecular weight is 365 g/mol. The molecule has 0 aliphatic carbocycles. The average Bonchev–Trinajstić information content (AvgIpc) is 2.47. The summed E-state index contributed by atoms with van der Waals surface area (Å²) in [7, 11) is -4.02. The van der Waals surface area contributed by atoms with Gasteiger partial charge in [0.05, 0.1) is 17.0 Å². The Kier molecular flexibility index (Phi) is 5.03. The van der Waals surface area contributed by atoms with Gasteiger partial charge in [0, 0.05) is 5.02 Å². The molecule has 0 amide bonds. The fraction of sp³-hybridized carbons (Fsp3) is 0.200. The van der Waals surface area contributed by atoms with Crippen LogP contribution in [-0.2, 0) is 16.0 Å². The van der Waals surface area contributed by atoms with E-state index in [1.807, 2.05) is 0 Å². The van der Waals surface area contributed by atoms with Crippen LogP contribution in [0.1, 0.15) is 16.4 Å². The molecule has 0 bridgehead atoms. The Balaban J connectivity index is 2.59. The van der Waals surface area contributed by atoms with Crippen LogP contribution in [0.15, 0.2) is 53.4 Å². The highest BCUT2D eigenvalue weighted by Gasteiger charge is 2.39. The van der Waals surface area contributed by atoms with E-state index in [1.54, 1.807) is 0 Å². The molecule has 124 valence electrons. The van der Waals surface area contributed by atoms with Crippen molar-refractivity contribution >= 4 is 21.4 Å². The highest BCUT2D eigenvalue weighted by molar-refractivity contribution is 7.91. The van der Waals surface area contributed by atoms with E-state index in [2.05, 4.69) is 5.73 Å². The maximum absolute atomic E-state index is 13.2.